The molecule has 0 radical (unpaired) electrons. The van der Waals surface area contributed by atoms with Crippen molar-refractivity contribution in [2.75, 3.05) is 5.73 Å². The smallest absolute Gasteiger partial charge is 0.136 e. The molecule has 2 aromatic rings. The molecule has 96 valence electrons. The minimum absolute atomic E-state index is 0.0535. The lowest BCUT2D eigenvalue weighted by molar-refractivity contribution is 0.563. The Bertz CT molecular complexity index is 597. The van der Waals surface area contributed by atoms with Gasteiger partial charge in [-0.25, -0.2) is 9.07 Å². The number of aryl methyl sites for hydroxylation is 1. The Balaban J connectivity index is 2.47. The maximum absolute atomic E-state index is 13.1. The van der Waals surface area contributed by atoms with Crippen LogP contribution in [0.25, 0.3) is 0 Å². The van der Waals surface area contributed by atoms with Gasteiger partial charge in [-0.3, -0.25) is 0 Å². The zero-order valence-corrected chi connectivity index (χ0v) is 13.7. The van der Waals surface area contributed by atoms with Gasteiger partial charge >= 0.3 is 0 Å². The number of halogens is 3. The SMILES string of the molecule is Cc1nn(C(C)c2ccc(F)cc2Br)c(N)c1I. The second-order valence-corrected chi connectivity index (χ2v) is 6.00. The minimum Gasteiger partial charge on any atom is -0.383 e. The normalized spacial score (nSPS) is 12.7. The van der Waals surface area contributed by atoms with Gasteiger partial charge in [0.05, 0.1) is 15.3 Å². The molecule has 0 saturated heterocycles. The molecule has 0 aliphatic heterocycles. The van der Waals surface area contributed by atoms with Gasteiger partial charge in [-0.1, -0.05) is 22.0 Å². The minimum atomic E-state index is -0.267. The van der Waals surface area contributed by atoms with Crippen LogP contribution in [0.3, 0.4) is 0 Å². The number of benzene rings is 1. The number of rotatable bonds is 2. The van der Waals surface area contributed by atoms with E-state index in [9.17, 15) is 4.39 Å². The highest BCUT2D eigenvalue weighted by Gasteiger charge is 2.18. The topological polar surface area (TPSA) is 43.8 Å². The Morgan fingerprint density at radius 2 is 2.17 bits per heavy atom. The summed E-state index contributed by atoms with van der Waals surface area (Å²) in [5.41, 5.74) is 7.87. The number of anilines is 1. The van der Waals surface area contributed by atoms with Crippen molar-refractivity contribution < 1.29 is 4.39 Å². The summed E-state index contributed by atoms with van der Waals surface area (Å²) in [6.07, 6.45) is 0. The third-order valence-electron chi connectivity index (χ3n) is 2.83. The van der Waals surface area contributed by atoms with Crippen LogP contribution in [0.1, 0.15) is 24.2 Å². The summed E-state index contributed by atoms with van der Waals surface area (Å²) in [5, 5.41) is 4.42. The number of nitrogens with two attached hydrogens (primary N) is 1. The van der Waals surface area contributed by atoms with Gasteiger partial charge in [-0.05, 0) is 54.1 Å². The molecule has 1 unspecified atom stereocenters. The second-order valence-electron chi connectivity index (χ2n) is 4.07. The number of nitrogens with zero attached hydrogens (tertiary/aromatic N) is 2. The quantitative estimate of drug-likeness (QED) is 0.744. The monoisotopic (exact) mass is 423 g/mol. The van der Waals surface area contributed by atoms with E-state index in [4.69, 9.17) is 5.73 Å². The molecule has 2 rings (SSSR count). The molecule has 1 aromatic carbocycles. The van der Waals surface area contributed by atoms with Gasteiger partial charge in [-0.15, -0.1) is 0 Å². The van der Waals surface area contributed by atoms with E-state index in [2.05, 4.69) is 43.6 Å². The van der Waals surface area contributed by atoms with Crippen LogP contribution in [0.15, 0.2) is 22.7 Å². The summed E-state index contributed by atoms with van der Waals surface area (Å²) in [6.45, 7) is 3.90. The molecule has 0 bridgehead atoms. The van der Waals surface area contributed by atoms with E-state index < -0.39 is 0 Å². The van der Waals surface area contributed by atoms with Crippen molar-refractivity contribution in [3.8, 4) is 0 Å². The Hall–Kier alpha value is -0.630. The molecule has 0 aliphatic rings. The van der Waals surface area contributed by atoms with Crippen LogP contribution in [0.4, 0.5) is 10.2 Å². The van der Waals surface area contributed by atoms with Gasteiger partial charge in [0.2, 0.25) is 0 Å². The molecule has 0 spiro atoms. The van der Waals surface area contributed by atoms with Crippen molar-refractivity contribution in [2.45, 2.75) is 19.9 Å². The first-order valence-corrected chi connectivity index (χ1v) is 7.24. The fraction of sp³-hybridized carbons (Fsp3) is 0.250. The summed E-state index contributed by atoms with van der Waals surface area (Å²) in [5.74, 6) is 0.369. The second kappa shape index (κ2) is 5.16. The number of hydrogen-bond donors (Lipinski definition) is 1. The van der Waals surface area contributed by atoms with Crippen LogP contribution in [0.5, 0.6) is 0 Å². The lowest BCUT2D eigenvalue weighted by Gasteiger charge is -2.16. The Labute approximate surface area is 127 Å². The van der Waals surface area contributed by atoms with Gasteiger partial charge in [0.1, 0.15) is 11.6 Å². The van der Waals surface area contributed by atoms with Crippen LogP contribution >= 0.6 is 38.5 Å². The molecule has 2 N–H and O–H groups in total. The van der Waals surface area contributed by atoms with Crippen LogP contribution in [-0.2, 0) is 0 Å². The summed E-state index contributed by atoms with van der Waals surface area (Å²) in [4.78, 5) is 0. The summed E-state index contributed by atoms with van der Waals surface area (Å²) in [6, 6.07) is 4.58. The molecule has 3 nitrogen and oxygen atoms in total. The summed E-state index contributed by atoms with van der Waals surface area (Å²) in [7, 11) is 0. The lowest BCUT2D eigenvalue weighted by atomic mass is 10.1. The van der Waals surface area contributed by atoms with Gasteiger partial charge in [0, 0.05) is 4.47 Å². The third kappa shape index (κ3) is 2.40. The van der Waals surface area contributed by atoms with Crippen LogP contribution in [0, 0.1) is 16.3 Å². The van der Waals surface area contributed by atoms with Crippen molar-refractivity contribution in [2.24, 2.45) is 0 Å². The van der Waals surface area contributed by atoms with E-state index in [0.717, 1.165) is 19.3 Å². The zero-order valence-electron chi connectivity index (χ0n) is 9.92. The molecule has 0 fully saturated rings. The fourth-order valence-electron chi connectivity index (χ4n) is 1.81. The number of hydrogen-bond acceptors (Lipinski definition) is 2. The van der Waals surface area contributed by atoms with Crippen molar-refractivity contribution in [3.05, 3.63) is 43.3 Å². The molecule has 0 amide bonds. The molecular formula is C12H12BrFIN3. The van der Waals surface area contributed by atoms with Crippen molar-refractivity contribution in [1.82, 2.24) is 9.78 Å². The molecule has 18 heavy (non-hydrogen) atoms. The van der Waals surface area contributed by atoms with Crippen molar-refractivity contribution in [3.63, 3.8) is 0 Å². The van der Waals surface area contributed by atoms with Gasteiger partial charge in [0.25, 0.3) is 0 Å². The van der Waals surface area contributed by atoms with Crippen LogP contribution in [-0.4, -0.2) is 9.78 Å². The Morgan fingerprint density at radius 3 is 2.67 bits per heavy atom. The van der Waals surface area contributed by atoms with Gasteiger partial charge < -0.3 is 5.73 Å². The first-order valence-electron chi connectivity index (χ1n) is 5.37. The van der Waals surface area contributed by atoms with E-state index in [0.29, 0.717) is 5.82 Å². The van der Waals surface area contributed by atoms with E-state index >= 15 is 0 Å². The summed E-state index contributed by atoms with van der Waals surface area (Å²) >= 11 is 5.55. The molecule has 1 heterocycles. The van der Waals surface area contributed by atoms with E-state index in [1.165, 1.54) is 12.1 Å². The average Bonchev–Trinajstić information content (AvgIpc) is 2.56. The largest absolute Gasteiger partial charge is 0.383 e. The predicted molar refractivity (Wildman–Crippen MR) is 82.0 cm³/mol. The molecule has 0 aliphatic carbocycles. The fourth-order valence-corrected chi connectivity index (χ4v) is 2.85. The highest BCUT2D eigenvalue weighted by atomic mass is 127. The molecule has 6 heteroatoms. The van der Waals surface area contributed by atoms with Crippen LogP contribution < -0.4 is 5.73 Å². The van der Waals surface area contributed by atoms with E-state index in [1.807, 2.05) is 13.8 Å². The molecular weight excluding hydrogens is 412 g/mol. The zero-order chi connectivity index (χ0) is 13.4. The standard InChI is InChI=1S/C12H12BrFIN3/c1-6-11(15)12(16)18(17-6)7(2)9-4-3-8(14)5-10(9)13/h3-5,7H,16H2,1-2H3. The van der Waals surface area contributed by atoms with E-state index in [1.54, 1.807) is 10.7 Å². The number of nitrogen functional groups attached to an aromatic ring is 1. The van der Waals surface area contributed by atoms with Crippen molar-refractivity contribution >= 4 is 44.3 Å². The van der Waals surface area contributed by atoms with Crippen LogP contribution in [0.2, 0.25) is 0 Å². The number of aromatic nitrogens is 2. The first kappa shape index (κ1) is 13.8. The highest BCUT2D eigenvalue weighted by Crippen LogP contribution is 2.30. The Kier molecular flexibility index (Phi) is 3.96. The summed E-state index contributed by atoms with van der Waals surface area (Å²) < 4.78 is 16.5. The lowest BCUT2D eigenvalue weighted by Crippen LogP contribution is -2.12. The van der Waals surface area contributed by atoms with E-state index in [-0.39, 0.29) is 11.9 Å². The third-order valence-corrected chi connectivity index (χ3v) is 4.85. The predicted octanol–water partition coefficient (Wildman–Crippen LogP) is 3.89. The van der Waals surface area contributed by atoms with Crippen molar-refractivity contribution in [1.29, 1.82) is 0 Å². The van der Waals surface area contributed by atoms with Gasteiger partial charge in [0.15, 0.2) is 0 Å². The maximum Gasteiger partial charge on any atom is 0.136 e. The molecule has 1 atom stereocenters. The average molecular weight is 424 g/mol. The maximum atomic E-state index is 13.1. The van der Waals surface area contributed by atoms with Gasteiger partial charge in [-0.2, -0.15) is 5.10 Å². The molecule has 0 saturated carbocycles. The first-order chi connectivity index (χ1) is 8.41. The Morgan fingerprint density at radius 1 is 1.50 bits per heavy atom. The molecule has 1 aromatic heterocycles. The highest BCUT2D eigenvalue weighted by molar-refractivity contribution is 14.1.